The van der Waals surface area contributed by atoms with E-state index in [1.54, 1.807) is 7.11 Å². The standard InChI is InChI=1S/C19H22FNO2S/c1-22-18-12-17-16(6-11-24-17)19(23-18)7-9-21(10-8-19)13-14-2-4-15(20)5-3-14/h2-6,11,18H,7-10,12-13H2,1H3. The molecule has 2 aliphatic heterocycles. The van der Waals surface area contributed by atoms with Gasteiger partial charge in [0.05, 0.1) is 5.60 Å². The minimum atomic E-state index is -0.201. The number of likely N-dealkylation sites (tertiary alicyclic amines) is 1. The normalized spacial score (nSPS) is 23.3. The molecule has 0 amide bonds. The Morgan fingerprint density at radius 3 is 2.71 bits per heavy atom. The maximum Gasteiger partial charge on any atom is 0.163 e. The summed E-state index contributed by atoms with van der Waals surface area (Å²) in [5, 5.41) is 2.17. The lowest BCUT2D eigenvalue weighted by Gasteiger charge is -2.46. The van der Waals surface area contributed by atoms with Crippen LogP contribution < -0.4 is 0 Å². The number of benzene rings is 1. The highest BCUT2D eigenvalue weighted by atomic mass is 32.1. The first-order chi connectivity index (χ1) is 11.7. The van der Waals surface area contributed by atoms with E-state index in [0.717, 1.165) is 44.5 Å². The first-order valence-corrected chi connectivity index (χ1v) is 9.31. The molecule has 0 saturated carbocycles. The van der Waals surface area contributed by atoms with Gasteiger partial charge in [-0.25, -0.2) is 4.39 Å². The molecule has 1 fully saturated rings. The smallest absolute Gasteiger partial charge is 0.163 e. The third kappa shape index (κ3) is 3.02. The molecule has 0 aliphatic carbocycles. The molecule has 0 N–H and O–H groups in total. The number of nitrogens with zero attached hydrogens (tertiary/aromatic N) is 1. The van der Waals surface area contributed by atoms with Gasteiger partial charge in [0.25, 0.3) is 0 Å². The van der Waals surface area contributed by atoms with Crippen molar-refractivity contribution < 1.29 is 13.9 Å². The maximum atomic E-state index is 13.0. The Kier molecular flexibility index (Phi) is 4.43. The summed E-state index contributed by atoms with van der Waals surface area (Å²) < 4.78 is 24.9. The van der Waals surface area contributed by atoms with Crippen LogP contribution in [-0.4, -0.2) is 31.4 Å². The fourth-order valence-electron chi connectivity index (χ4n) is 3.85. The summed E-state index contributed by atoms with van der Waals surface area (Å²) in [7, 11) is 1.72. The van der Waals surface area contributed by atoms with E-state index in [1.807, 2.05) is 23.5 Å². The van der Waals surface area contributed by atoms with Crippen LogP contribution in [-0.2, 0) is 28.0 Å². The molecule has 1 spiro atoms. The molecule has 1 aromatic carbocycles. The Bertz CT molecular complexity index is 692. The van der Waals surface area contributed by atoms with Crippen LogP contribution in [0.3, 0.4) is 0 Å². The number of rotatable bonds is 3. The average Bonchev–Trinajstić information content (AvgIpc) is 3.08. The minimum Gasteiger partial charge on any atom is -0.355 e. The zero-order chi connectivity index (χ0) is 16.6. The Balaban J connectivity index is 1.46. The topological polar surface area (TPSA) is 21.7 Å². The van der Waals surface area contributed by atoms with E-state index in [0.29, 0.717) is 0 Å². The van der Waals surface area contributed by atoms with E-state index in [2.05, 4.69) is 16.3 Å². The van der Waals surface area contributed by atoms with Gasteiger partial charge in [0, 0.05) is 38.0 Å². The van der Waals surface area contributed by atoms with Crippen LogP contribution in [0.4, 0.5) is 4.39 Å². The number of hydrogen-bond donors (Lipinski definition) is 0. The van der Waals surface area contributed by atoms with Crippen LogP contribution in [0.5, 0.6) is 0 Å². The number of thiophene rings is 1. The molecular weight excluding hydrogens is 325 g/mol. The highest BCUT2D eigenvalue weighted by Gasteiger charge is 2.44. The number of fused-ring (bicyclic) bond motifs is 2. The van der Waals surface area contributed by atoms with Gasteiger partial charge < -0.3 is 9.47 Å². The molecule has 1 saturated heterocycles. The van der Waals surface area contributed by atoms with Crippen molar-refractivity contribution in [1.82, 2.24) is 4.90 Å². The van der Waals surface area contributed by atoms with E-state index in [9.17, 15) is 4.39 Å². The van der Waals surface area contributed by atoms with Crippen molar-refractivity contribution in [3.05, 3.63) is 57.5 Å². The van der Waals surface area contributed by atoms with Gasteiger partial charge in [-0.05, 0) is 47.5 Å². The molecule has 24 heavy (non-hydrogen) atoms. The van der Waals surface area contributed by atoms with Crippen LogP contribution in [0, 0.1) is 5.82 Å². The molecule has 128 valence electrons. The maximum absolute atomic E-state index is 13.0. The second kappa shape index (κ2) is 6.56. The molecular formula is C19H22FNO2S. The number of methoxy groups -OCH3 is 1. The molecule has 1 aromatic heterocycles. The quantitative estimate of drug-likeness (QED) is 0.840. The first kappa shape index (κ1) is 16.2. The molecule has 0 radical (unpaired) electrons. The molecule has 3 nitrogen and oxygen atoms in total. The van der Waals surface area contributed by atoms with Gasteiger partial charge in [0.15, 0.2) is 6.29 Å². The van der Waals surface area contributed by atoms with Crippen molar-refractivity contribution in [2.45, 2.75) is 37.7 Å². The Morgan fingerprint density at radius 2 is 2.00 bits per heavy atom. The van der Waals surface area contributed by atoms with Crippen LogP contribution in [0.15, 0.2) is 35.7 Å². The van der Waals surface area contributed by atoms with Crippen molar-refractivity contribution in [2.24, 2.45) is 0 Å². The highest BCUT2D eigenvalue weighted by Crippen LogP contribution is 2.45. The third-order valence-corrected chi connectivity index (χ3v) is 6.13. The Morgan fingerprint density at radius 1 is 1.25 bits per heavy atom. The molecule has 2 aromatic rings. The lowest BCUT2D eigenvalue weighted by atomic mass is 9.82. The zero-order valence-corrected chi connectivity index (χ0v) is 14.7. The zero-order valence-electron chi connectivity index (χ0n) is 13.8. The summed E-state index contributed by atoms with van der Waals surface area (Å²) in [6.07, 6.45) is 2.65. The van der Waals surface area contributed by atoms with E-state index in [4.69, 9.17) is 9.47 Å². The molecule has 4 rings (SSSR count). The van der Waals surface area contributed by atoms with Gasteiger partial charge in [-0.15, -0.1) is 11.3 Å². The number of halogens is 1. The van der Waals surface area contributed by atoms with E-state index < -0.39 is 0 Å². The Hall–Kier alpha value is -1.27. The van der Waals surface area contributed by atoms with Crippen LogP contribution in [0.25, 0.3) is 0 Å². The fourth-order valence-corrected chi connectivity index (χ4v) is 4.83. The summed E-state index contributed by atoms with van der Waals surface area (Å²) in [6.45, 7) is 2.81. The average molecular weight is 347 g/mol. The van der Waals surface area contributed by atoms with Crippen molar-refractivity contribution in [2.75, 3.05) is 20.2 Å². The molecule has 0 bridgehead atoms. The van der Waals surface area contributed by atoms with Crippen LogP contribution >= 0.6 is 11.3 Å². The molecule has 5 heteroatoms. The molecule has 1 atom stereocenters. The lowest BCUT2D eigenvalue weighted by Crippen LogP contribution is -2.48. The summed E-state index contributed by atoms with van der Waals surface area (Å²) in [4.78, 5) is 3.82. The number of ether oxygens (including phenoxy) is 2. The number of hydrogen-bond acceptors (Lipinski definition) is 4. The SMILES string of the molecule is COC1Cc2sccc2C2(CCN(Cc3ccc(F)cc3)CC2)O1. The van der Waals surface area contributed by atoms with Crippen molar-refractivity contribution in [1.29, 1.82) is 0 Å². The van der Waals surface area contributed by atoms with Crippen molar-refractivity contribution >= 4 is 11.3 Å². The van der Waals surface area contributed by atoms with Gasteiger partial charge in [-0.2, -0.15) is 0 Å². The van der Waals surface area contributed by atoms with Gasteiger partial charge >= 0.3 is 0 Å². The second-order valence-corrected chi connectivity index (χ2v) is 7.64. The predicted octanol–water partition coefficient (Wildman–Crippen LogP) is 3.92. The third-order valence-electron chi connectivity index (χ3n) is 5.19. The monoisotopic (exact) mass is 347 g/mol. The minimum absolute atomic E-state index is 0.139. The molecule has 3 heterocycles. The number of piperidine rings is 1. The van der Waals surface area contributed by atoms with Gasteiger partial charge in [0.2, 0.25) is 0 Å². The van der Waals surface area contributed by atoms with Gasteiger partial charge in [-0.1, -0.05) is 12.1 Å². The fraction of sp³-hybridized carbons (Fsp3) is 0.474. The Labute approximate surface area is 146 Å². The molecule has 2 aliphatic rings. The van der Waals surface area contributed by atoms with Crippen LogP contribution in [0.2, 0.25) is 0 Å². The van der Waals surface area contributed by atoms with Crippen molar-refractivity contribution in [3.8, 4) is 0 Å². The summed E-state index contributed by atoms with van der Waals surface area (Å²) >= 11 is 1.81. The second-order valence-electron chi connectivity index (χ2n) is 6.64. The van der Waals surface area contributed by atoms with Crippen LogP contribution in [0.1, 0.15) is 28.8 Å². The van der Waals surface area contributed by atoms with E-state index in [1.165, 1.54) is 22.6 Å². The lowest BCUT2D eigenvalue weighted by molar-refractivity contribution is -0.226. The van der Waals surface area contributed by atoms with E-state index >= 15 is 0 Å². The van der Waals surface area contributed by atoms with Gasteiger partial charge in [-0.3, -0.25) is 4.90 Å². The highest BCUT2D eigenvalue weighted by molar-refractivity contribution is 7.10. The summed E-state index contributed by atoms with van der Waals surface area (Å²) in [5.41, 5.74) is 2.32. The summed E-state index contributed by atoms with van der Waals surface area (Å²) in [5.74, 6) is -0.178. The van der Waals surface area contributed by atoms with E-state index in [-0.39, 0.29) is 17.7 Å². The van der Waals surface area contributed by atoms with Gasteiger partial charge in [0.1, 0.15) is 5.82 Å². The predicted molar refractivity (Wildman–Crippen MR) is 92.5 cm³/mol. The first-order valence-electron chi connectivity index (χ1n) is 8.43. The summed E-state index contributed by atoms with van der Waals surface area (Å²) in [6, 6.07) is 9.03. The molecule has 1 unspecified atom stereocenters. The van der Waals surface area contributed by atoms with Crippen molar-refractivity contribution in [3.63, 3.8) is 0 Å². The largest absolute Gasteiger partial charge is 0.355 e.